The molecule has 0 aliphatic heterocycles. The van der Waals surface area contributed by atoms with Gasteiger partial charge in [-0.1, -0.05) is 35.2 Å². The van der Waals surface area contributed by atoms with Crippen LogP contribution in [0.3, 0.4) is 0 Å². The van der Waals surface area contributed by atoms with Crippen molar-refractivity contribution in [2.75, 3.05) is 0 Å². The first kappa shape index (κ1) is 9.42. The zero-order valence-corrected chi connectivity index (χ0v) is 9.24. The lowest BCUT2D eigenvalue weighted by Gasteiger charge is -2.00. The van der Waals surface area contributed by atoms with E-state index in [1.165, 1.54) is 9.79 Å². The second kappa shape index (κ2) is 3.98. The van der Waals surface area contributed by atoms with Gasteiger partial charge in [-0.05, 0) is 30.3 Å². The number of aromatic amines is 1. The molecule has 16 heavy (non-hydrogen) atoms. The van der Waals surface area contributed by atoms with E-state index in [1.54, 1.807) is 11.8 Å². The predicted octanol–water partition coefficient (Wildman–Crippen LogP) is 3.11. The Balaban J connectivity index is 1.94. The molecule has 2 aromatic carbocycles. The number of hydrogen-bond acceptors (Lipinski definition) is 3. The van der Waals surface area contributed by atoms with Crippen molar-refractivity contribution in [1.82, 2.24) is 15.4 Å². The fraction of sp³-hybridized carbons (Fsp3) is 0. The van der Waals surface area contributed by atoms with Gasteiger partial charge in [0.2, 0.25) is 0 Å². The maximum absolute atomic E-state index is 4.00. The maximum Gasteiger partial charge on any atom is 0.114 e. The highest BCUT2D eigenvalue weighted by molar-refractivity contribution is 7.99. The zero-order chi connectivity index (χ0) is 10.8. The number of nitrogens with zero attached hydrogens (tertiary/aromatic N) is 2. The molecule has 0 bridgehead atoms. The van der Waals surface area contributed by atoms with Gasteiger partial charge >= 0.3 is 0 Å². The molecule has 1 N–H and O–H groups in total. The average molecular weight is 227 g/mol. The Hall–Kier alpha value is -1.81. The van der Waals surface area contributed by atoms with Crippen molar-refractivity contribution in [1.29, 1.82) is 0 Å². The van der Waals surface area contributed by atoms with Crippen LogP contribution in [0.5, 0.6) is 0 Å². The van der Waals surface area contributed by atoms with Crippen LogP contribution >= 0.6 is 11.8 Å². The molecule has 0 atom stereocenters. The summed E-state index contributed by atoms with van der Waals surface area (Å²) >= 11 is 1.72. The summed E-state index contributed by atoms with van der Waals surface area (Å²) in [5.41, 5.74) is 1.87. The topological polar surface area (TPSA) is 41.6 Å². The van der Waals surface area contributed by atoms with Crippen molar-refractivity contribution < 1.29 is 0 Å². The Bertz CT molecular complexity index is 604. The number of hydrogen-bond donors (Lipinski definition) is 1. The van der Waals surface area contributed by atoms with Gasteiger partial charge < -0.3 is 0 Å². The normalized spacial score (nSPS) is 10.8. The molecule has 0 fully saturated rings. The minimum Gasteiger partial charge on any atom is -0.258 e. The number of aromatic nitrogens is 3. The summed E-state index contributed by atoms with van der Waals surface area (Å²) in [6.45, 7) is 0. The molecule has 0 saturated carbocycles. The second-order valence-corrected chi connectivity index (χ2v) is 4.55. The average Bonchev–Trinajstić information content (AvgIpc) is 2.77. The van der Waals surface area contributed by atoms with Gasteiger partial charge in [-0.15, -0.1) is 5.10 Å². The molecule has 1 heterocycles. The molecule has 1 aromatic heterocycles. The summed E-state index contributed by atoms with van der Waals surface area (Å²) in [7, 11) is 0. The number of fused-ring (bicyclic) bond motifs is 1. The molecule has 4 heteroatoms. The Labute approximate surface area is 96.9 Å². The molecular formula is C12H9N3S. The van der Waals surface area contributed by atoms with Crippen molar-refractivity contribution in [2.24, 2.45) is 0 Å². The van der Waals surface area contributed by atoms with Gasteiger partial charge in [0.25, 0.3) is 0 Å². The van der Waals surface area contributed by atoms with E-state index in [2.05, 4.69) is 33.6 Å². The summed E-state index contributed by atoms with van der Waals surface area (Å²) in [6.07, 6.45) is 0. The standard InChI is InChI=1S/C12H9N3S/c1-2-4-9(5-3-1)16-10-6-7-11-12(8-10)14-15-13-11/h1-8H,(H,13,14,15). The monoisotopic (exact) mass is 227 g/mol. The van der Waals surface area contributed by atoms with Crippen LogP contribution in [0.2, 0.25) is 0 Å². The van der Waals surface area contributed by atoms with Crippen LogP contribution in [0, 0.1) is 0 Å². The van der Waals surface area contributed by atoms with E-state index < -0.39 is 0 Å². The van der Waals surface area contributed by atoms with E-state index in [0.717, 1.165) is 11.0 Å². The largest absolute Gasteiger partial charge is 0.258 e. The Morgan fingerprint density at radius 3 is 2.69 bits per heavy atom. The van der Waals surface area contributed by atoms with Crippen LogP contribution in [0.25, 0.3) is 11.0 Å². The van der Waals surface area contributed by atoms with E-state index in [0.29, 0.717) is 0 Å². The number of rotatable bonds is 2. The third-order valence-electron chi connectivity index (χ3n) is 2.28. The molecule has 3 aromatic rings. The van der Waals surface area contributed by atoms with E-state index in [1.807, 2.05) is 30.3 Å². The van der Waals surface area contributed by atoms with Crippen LogP contribution in [0.4, 0.5) is 0 Å². The molecule has 3 rings (SSSR count). The molecule has 0 aliphatic carbocycles. The van der Waals surface area contributed by atoms with E-state index in [4.69, 9.17) is 0 Å². The van der Waals surface area contributed by atoms with Crippen LogP contribution in [-0.4, -0.2) is 15.4 Å². The summed E-state index contributed by atoms with van der Waals surface area (Å²) in [5, 5.41) is 10.6. The van der Waals surface area contributed by atoms with E-state index in [-0.39, 0.29) is 0 Å². The molecule has 0 radical (unpaired) electrons. The summed E-state index contributed by atoms with van der Waals surface area (Å²) in [5.74, 6) is 0. The smallest absolute Gasteiger partial charge is 0.114 e. The summed E-state index contributed by atoms with van der Waals surface area (Å²) < 4.78 is 0. The second-order valence-electron chi connectivity index (χ2n) is 3.41. The van der Waals surface area contributed by atoms with Crippen LogP contribution < -0.4 is 0 Å². The predicted molar refractivity (Wildman–Crippen MR) is 64.5 cm³/mol. The maximum atomic E-state index is 4.00. The Morgan fingerprint density at radius 1 is 0.938 bits per heavy atom. The van der Waals surface area contributed by atoms with Gasteiger partial charge in [0.15, 0.2) is 0 Å². The highest BCUT2D eigenvalue weighted by atomic mass is 32.2. The highest BCUT2D eigenvalue weighted by Crippen LogP contribution is 2.28. The van der Waals surface area contributed by atoms with Gasteiger partial charge in [0.1, 0.15) is 5.52 Å². The molecule has 0 unspecified atom stereocenters. The lowest BCUT2D eigenvalue weighted by atomic mass is 10.3. The van der Waals surface area contributed by atoms with Gasteiger partial charge in [-0.25, -0.2) is 0 Å². The fourth-order valence-corrected chi connectivity index (χ4v) is 2.38. The number of nitrogens with one attached hydrogen (secondary N) is 1. The van der Waals surface area contributed by atoms with Gasteiger partial charge in [0, 0.05) is 9.79 Å². The van der Waals surface area contributed by atoms with Crippen LogP contribution in [0.15, 0.2) is 58.3 Å². The number of benzene rings is 2. The molecule has 78 valence electrons. The summed E-state index contributed by atoms with van der Waals surface area (Å²) in [4.78, 5) is 2.40. The van der Waals surface area contributed by atoms with Gasteiger partial charge in [0.05, 0.1) is 5.52 Å². The molecule has 0 spiro atoms. The molecular weight excluding hydrogens is 218 g/mol. The SMILES string of the molecule is c1ccc(Sc2ccc3[nH]nnc3c2)cc1. The number of H-pyrrole nitrogens is 1. The minimum absolute atomic E-state index is 0.904. The first-order chi connectivity index (χ1) is 7.92. The van der Waals surface area contributed by atoms with Crippen molar-refractivity contribution >= 4 is 22.8 Å². The van der Waals surface area contributed by atoms with Gasteiger partial charge in [-0.2, -0.15) is 0 Å². The first-order valence-corrected chi connectivity index (χ1v) is 5.77. The lowest BCUT2D eigenvalue weighted by Crippen LogP contribution is -1.74. The third-order valence-corrected chi connectivity index (χ3v) is 3.27. The molecule has 0 amide bonds. The molecule has 0 aliphatic rings. The quantitative estimate of drug-likeness (QED) is 0.731. The first-order valence-electron chi connectivity index (χ1n) is 4.95. The van der Waals surface area contributed by atoms with Gasteiger partial charge in [-0.3, -0.25) is 5.10 Å². The lowest BCUT2D eigenvalue weighted by molar-refractivity contribution is 0.959. The van der Waals surface area contributed by atoms with Crippen molar-refractivity contribution in [2.45, 2.75) is 9.79 Å². The minimum atomic E-state index is 0.904. The third kappa shape index (κ3) is 1.79. The summed E-state index contributed by atoms with van der Waals surface area (Å²) in [6, 6.07) is 16.4. The highest BCUT2D eigenvalue weighted by Gasteiger charge is 2.00. The molecule has 0 saturated heterocycles. The van der Waals surface area contributed by atoms with E-state index in [9.17, 15) is 0 Å². The zero-order valence-electron chi connectivity index (χ0n) is 8.42. The van der Waals surface area contributed by atoms with Crippen LogP contribution in [-0.2, 0) is 0 Å². The van der Waals surface area contributed by atoms with Crippen LogP contribution in [0.1, 0.15) is 0 Å². The van der Waals surface area contributed by atoms with E-state index >= 15 is 0 Å². The van der Waals surface area contributed by atoms with Crippen molar-refractivity contribution in [3.63, 3.8) is 0 Å². The molecule has 3 nitrogen and oxygen atoms in total. The Morgan fingerprint density at radius 2 is 1.81 bits per heavy atom. The van der Waals surface area contributed by atoms with Crippen molar-refractivity contribution in [3.05, 3.63) is 48.5 Å². The Kier molecular flexibility index (Phi) is 2.34. The fourth-order valence-electron chi connectivity index (χ4n) is 1.51. The van der Waals surface area contributed by atoms with Crippen molar-refractivity contribution in [3.8, 4) is 0 Å².